The van der Waals surface area contributed by atoms with Gasteiger partial charge in [0.1, 0.15) is 52.6 Å². The number of amides is 3. The summed E-state index contributed by atoms with van der Waals surface area (Å²) in [4.78, 5) is 91.0. The average molecular weight is 1470 g/mol. The van der Waals surface area contributed by atoms with Crippen molar-refractivity contribution in [3.63, 3.8) is 0 Å². The Hall–Kier alpha value is -8.82. The number of carbonyl (C=O) groups excluding carboxylic acids is 5. The number of nitrogens with zero attached hydrogens (tertiary/aromatic N) is 5. The number of β-lactam (4-membered cyclic amide) rings is 1. The van der Waals surface area contributed by atoms with Crippen molar-refractivity contribution in [1.82, 2.24) is 24.4 Å². The summed E-state index contributed by atoms with van der Waals surface area (Å²) in [6.07, 6.45) is 6.35. The number of thioether (sulfide) groups is 1. The molecule has 31 heteroatoms. The summed E-state index contributed by atoms with van der Waals surface area (Å²) in [5.41, 5.74) is 6.14. The number of hydrazone groups is 1. The molecule has 0 aliphatic carbocycles. The maximum absolute atomic E-state index is 14.4. The monoisotopic (exact) mass is 1470 g/mol. The first kappa shape index (κ1) is 81.5. The molecule has 12 N–H and O–H groups in total. The molecule has 10 rings (SSSR count). The topological polar surface area (TPSA) is 428 Å². The number of Topliss-reactive ketones (excluding diaryl/α,β-unsaturated/α-hetero) is 1. The highest BCUT2D eigenvalue weighted by atomic mass is 32.2. The number of allylic oxidation sites excluding steroid dienone is 2. The number of carboxylic acid groups (broad SMARTS) is 2. The van der Waals surface area contributed by atoms with Crippen LogP contribution in [0.2, 0.25) is 0 Å². The van der Waals surface area contributed by atoms with Crippen LogP contribution in [0, 0.1) is 30.6 Å². The number of aromatic carboxylic acids is 1. The van der Waals surface area contributed by atoms with Crippen molar-refractivity contribution in [2.24, 2.45) is 34.5 Å². The molecule has 3 amide bonds. The van der Waals surface area contributed by atoms with Crippen LogP contribution in [0.5, 0.6) is 28.7 Å². The van der Waals surface area contributed by atoms with E-state index in [1.165, 1.54) is 129 Å². The number of phenolic OH excluding ortho intramolecular Hbond substituents is 4. The van der Waals surface area contributed by atoms with Crippen molar-refractivity contribution in [3.8, 4) is 28.7 Å². The van der Waals surface area contributed by atoms with Gasteiger partial charge in [-0.25, -0.2) is 18.0 Å². The number of nitrogens with two attached hydrogens (primary N) is 1. The second kappa shape index (κ2) is 33.7. The highest BCUT2D eigenvalue weighted by molar-refractivity contribution is 8.01. The van der Waals surface area contributed by atoms with E-state index in [2.05, 4.69) is 20.6 Å². The molecular weight excluding hydrogens is 1380 g/mol. The van der Waals surface area contributed by atoms with Gasteiger partial charge in [-0.15, -0.1) is 11.8 Å². The number of aliphatic carboxylic acids is 1. The van der Waals surface area contributed by atoms with E-state index in [1.54, 1.807) is 58.7 Å². The van der Waals surface area contributed by atoms with Gasteiger partial charge >= 0.3 is 23.7 Å². The second-order valence-electron chi connectivity index (χ2n) is 27.0. The number of ether oxygens (including phenoxy) is 4. The summed E-state index contributed by atoms with van der Waals surface area (Å²) < 4.78 is 49.1. The zero-order valence-corrected chi connectivity index (χ0v) is 61.8. The van der Waals surface area contributed by atoms with Gasteiger partial charge in [0.05, 0.1) is 63.4 Å². The largest absolute Gasteiger partial charge is 0.508 e. The number of methoxy groups -OCH3 is 1. The van der Waals surface area contributed by atoms with Gasteiger partial charge in [0.2, 0.25) is 21.8 Å². The van der Waals surface area contributed by atoms with Crippen molar-refractivity contribution in [1.29, 1.82) is 0 Å². The van der Waals surface area contributed by atoms with Crippen LogP contribution in [0.15, 0.2) is 94.7 Å². The summed E-state index contributed by atoms with van der Waals surface area (Å²) in [5.74, 6) is -11.3. The van der Waals surface area contributed by atoms with Gasteiger partial charge in [-0.05, 0) is 95.6 Å². The summed E-state index contributed by atoms with van der Waals surface area (Å²) in [7, 11) is -0.107. The van der Waals surface area contributed by atoms with Gasteiger partial charge in [-0.2, -0.15) is 9.41 Å². The van der Waals surface area contributed by atoms with Gasteiger partial charge in [-0.3, -0.25) is 29.0 Å². The van der Waals surface area contributed by atoms with E-state index in [0.29, 0.717) is 31.7 Å². The molecule has 5 bridgehead atoms. The normalized spacial score (nSPS) is 27.3. The first-order valence-corrected chi connectivity index (χ1v) is 36.1. The van der Waals surface area contributed by atoms with E-state index < -0.39 is 151 Å². The summed E-state index contributed by atoms with van der Waals surface area (Å²) in [5, 5.41) is 96.5. The number of aliphatic hydroxyl groups is 2. The van der Waals surface area contributed by atoms with Crippen LogP contribution in [0.4, 0.5) is 5.69 Å². The number of hydrogen-bond donors (Lipinski definition) is 11. The number of hydrogen-bond acceptors (Lipinski definition) is 24. The fraction of sp³-hybridized carbons (Fsp3) is 0.500. The number of piperazine rings is 1. The molecule has 3 fully saturated rings. The third-order valence-corrected chi connectivity index (χ3v) is 22.5. The molecular formula is C72H96N8O21S2. The van der Waals surface area contributed by atoms with Crippen LogP contribution in [0.1, 0.15) is 132 Å². The third-order valence-electron chi connectivity index (χ3n) is 19.1. The first-order chi connectivity index (χ1) is 48.3. The lowest BCUT2D eigenvalue weighted by Crippen LogP contribution is -2.71. The zero-order valence-electron chi connectivity index (χ0n) is 60.2. The highest BCUT2D eigenvalue weighted by Crippen LogP contribution is 2.55. The van der Waals surface area contributed by atoms with Crippen molar-refractivity contribution >= 4 is 85.9 Å². The molecule has 0 saturated carbocycles. The molecule has 0 spiro atoms. The van der Waals surface area contributed by atoms with E-state index >= 15 is 0 Å². The van der Waals surface area contributed by atoms with Crippen LogP contribution in [-0.4, -0.2) is 222 Å². The number of carboxylic acids is 2. The maximum atomic E-state index is 14.4. The van der Waals surface area contributed by atoms with E-state index in [4.69, 9.17) is 29.8 Å². The number of anilines is 1. The average Bonchev–Trinajstić information content (AvgIpc) is 1.61. The maximum Gasteiger partial charge on any atom is 0.335 e. The Labute approximate surface area is 603 Å². The van der Waals surface area contributed by atoms with Crippen LogP contribution in [-0.2, 0) is 48.2 Å². The number of fused-ring (bicyclic) bond motifs is 15. The first-order valence-electron chi connectivity index (χ1n) is 33.8. The molecule has 562 valence electrons. The Kier molecular flexibility index (Phi) is 26.7. The number of sulfonamides is 1. The van der Waals surface area contributed by atoms with E-state index in [9.17, 15) is 77.7 Å². The minimum absolute atomic E-state index is 0.0559. The zero-order chi connectivity index (χ0) is 76.7. The van der Waals surface area contributed by atoms with Crippen molar-refractivity contribution in [2.75, 3.05) is 58.7 Å². The molecule has 6 aliphatic rings. The predicted octanol–water partition coefficient (Wildman–Crippen LogP) is 6.55. The van der Waals surface area contributed by atoms with Crippen LogP contribution < -0.4 is 21.1 Å². The summed E-state index contributed by atoms with van der Waals surface area (Å²) in [6, 6.07) is 8.52. The van der Waals surface area contributed by atoms with Gasteiger partial charge in [0.25, 0.3) is 11.7 Å². The SMILES string of the molecule is CC1(C)S[C@@H]2[C@H](NC(=O)[C@H](N)c3ccc(O)cc3)C(=O)N2[C@H]1C(=O)O.CCCN(CCC)S(=O)(=O)c1ccc(C(=O)O)cc1.CO[C@H]1/C=C/O[C@@]2(C)Oc3c(C)c(O)c4c(O)c(c(/C=N\N5CCN(C)CC5)c(O)c4c3C2=O)NC(=O)/C(C)=C\C=C\[C@@H](C)[C@H](O)[C@@H](C)[C@H](O)[C@@H](C)[C@H](OC(C)=O)[C@@H]1C. The Morgan fingerprint density at radius 2 is 1.47 bits per heavy atom. The number of likely N-dealkylation sites (N-methyl/N-ethyl adjacent to an activating group) is 1. The van der Waals surface area contributed by atoms with Crippen molar-refractivity contribution in [3.05, 3.63) is 112 Å². The summed E-state index contributed by atoms with van der Waals surface area (Å²) >= 11 is 1.35. The number of ketones is 1. The lowest BCUT2D eigenvalue weighted by Gasteiger charge is -2.43. The Balaban J connectivity index is 0.000000273. The van der Waals surface area contributed by atoms with E-state index in [1.807, 2.05) is 20.9 Å². The number of esters is 1. The minimum Gasteiger partial charge on any atom is -0.508 e. The van der Waals surface area contributed by atoms with Crippen LogP contribution in [0.25, 0.3) is 10.8 Å². The molecule has 103 heavy (non-hydrogen) atoms. The van der Waals surface area contributed by atoms with E-state index in [0.717, 1.165) is 25.9 Å². The number of carbonyl (C=O) groups is 7. The fourth-order valence-corrected chi connectivity index (χ4v) is 16.2. The van der Waals surface area contributed by atoms with Gasteiger partial charge in [0.15, 0.2) is 5.75 Å². The Morgan fingerprint density at radius 3 is 2.03 bits per heavy atom. The van der Waals surface area contributed by atoms with Gasteiger partial charge in [0, 0.05) is 105 Å². The molecule has 6 aliphatic heterocycles. The molecule has 4 aromatic rings. The van der Waals surface area contributed by atoms with Gasteiger partial charge in [-0.1, -0.05) is 71.9 Å². The number of rotatable bonds is 15. The van der Waals surface area contributed by atoms with Crippen molar-refractivity contribution < 1.29 is 102 Å². The molecule has 29 nitrogen and oxygen atoms in total. The second-order valence-corrected chi connectivity index (χ2v) is 30.7. The lowest BCUT2D eigenvalue weighted by molar-refractivity contribution is -0.161. The smallest absolute Gasteiger partial charge is 0.335 e. The number of phenols is 4. The molecule has 3 saturated heterocycles. The lowest BCUT2D eigenvalue weighted by atomic mass is 9.78. The predicted molar refractivity (Wildman–Crippen MR) is 384 cm³/mol. The van der Waals surface area contributed by atoms with Crippen LogP contribution >= 0.6 is 11.8 Å². The van der Waals surface area contributed by atoms with E-state index in [-0.39, 0.29) is 60.7 Å². The third kappa shape index (κ3) is 17.7. The molecule has 0 unspecified atom stereocenters. The standard InChI is InChI=1S/C43H58N4O12.C16H19N3O5S.C13H19NO4S/c1-21-12-11-13-22(2)42(55)45-33-28(20-44-47-17-15-46(9)16-18-47)37(52)30-31(38(33)53)36(51)26(6)40-32(30)41(54)43(8,59-40)57-19-14-29(56-10)23(3)39(58-27(7)48)25(5)35(50)24(4)34(21)49;1-16(2)11(15(23)24)19-13(22)10(14(19)25-16)18-12(21)9(17)7-3-5-8(20)6-4-7;1-3-9-14(10-4-2)19(17,18)12-7-5-11(6-8-12)13(15)16/h11-14,19-21,23-25,29,34-35,39,49-53H,15-18H2,1-10H3,(H,45,55);3-6,9-11,14,20H,17H2,1-2H3,(H,18,21)(H,23,24);5-8H,3-4,9-10H2,1-2H3,(H,15,16)/b12-11+,19-14+,22-13-,44-20-;;/t21-,23-,24-,25-,29+,34+,35+,39-,43+;9-,10-,11+,14-;/m11./s1. The van der Waals surface area contributed by atoms with Crippen LogP contribution in [0.3, 0.4) is 0 Å². The molecule has 4 aromatic carbocycles. The van der Waals surface area contributed by atoms with Crippen molar-refractivity contribution in [2.45, 2.75) is 159 Å². The molecule has 13 atom stereocenters. The highest BCUT2D eigenvalue weighted by Gasteiger charge is 2.64. The number of nitrogens with one attached hydrogen (secondary N) is 2. The molecule has 0 radical (unpaired) electrons. The Bertz CT molecular complexity index is 4060. The Morgan fingerprint density at radius 1 is 0.854 bits per heavy atom. The molecule has 6 heterocycles. The minimum atomic E-state index is -3.53. The number of aromatic hydroxyl groups is 4. The summed E-state index contributed by atoms with van der Waals surface area (Å²) in [6.45, 7) is 23.4. The quantitative estimate of drug-likeness (QED) is 0.0197. The number of aliphatic hydroxyl groups excluding tert-OH is 2. The fourth-order valence-electron chi connectivity index (χ4n) is 12.9. The number of benzene rings is 4. The van der Waals surface area contributed by atoms with Gasteiger partial charge < -0.3 is 86.0 Å². The molecule has 0 aromatic heterocycles.